The Morgan fingerprint density at radius 3 is 2.83 bits per heavy atom. The summed E-state index contributed by atoms with van der Waals surface area (Å²) in [6.45, 7) is 0.329. The highest BCUT2D eigenvalue weighted by Crippen LogP contribution is 2.41. The second kappa shape index (κ2) is 5.96. The Balaban J connectivity index is 1.48. The predicted molar refractivity (Wildman–Crippen MR) is 86.2 cm³/mol. The van der Waals surface area contributed by atoms with Crippen LogP contribution in [0.1, 0.15) is 40.8 Å². The van der Waals surface area contributed by atoms with Gasteiger partial charge in [0.25, 0.3) is 5.91 Å². The van der Waals surface area contributed by atoms with Crippen LogP contribution in [0.15, 0.2) is 51.7 Å². The van der Waals surface area contributed by atoms with E-state index in [1.54, 1.807) is 11.9 Å². The third kappa shape index (κ3) is 2.82. The highest BCUT2D eigenvalue weighted by atomic mass is 16.5. The third-order valence-corrected chi connectivity index (χ3v) is 4.11. The molecule has 122 valence electrons. The number of carbonyl (C=O) groups excluding carboxylic acids is 1. The van der Waals surface area contributed by atoms with Crippen molar-refractivity contribution in [3.63, 3.8) is 0 Å². The number of oxazole rings is 1. The average molecular weight is 323 g/mol. The maximum absolute atomic E-state index is 12.6. The van der Waals surface area contributed by atoms with Crippen molar-refractivity contribution in [2.24, 2.45) is 0 Å². The zero-order chi connectivity index (χ0) is 16.5. The van der Waals surface area contributed by atoms with Crippen molar-refractivity contribution >= 4 is 5.91 Å². The first-order valence-corrected chi connectivity index (χ1v) is 7.92. The molecule has 1 fully saturated rings. The van der Waals surface area contributed by atoms with Crippen molar-refractivity contribution in [3.8, 4) is 11.3 Å². The number of nitrogens with zero attached hydrogens (tertiary/aromatic N) is 3. The van der Waals surface area contributed by atoms with Gasteiger partial charge in [-0.1, -0.05) is 35.5 Å². The molecule has 0 bridgehead atoms. The molecule has 0 atom stereocenters. The Hall–Kier alpha value is -2.89. The quantitative estimate of drug-likeness (QED) is 0.719. The topological polar surface area (TPSA) is 72.4 Å². The Kier molecular flexibility index (Phi) is 3.65. The smallest absolute Gasteiger partial charge is 0.276 e. The zero-order valence-electron chi connectivity index (χ0n) is 13.3. The van der Waals surface area contributed by atoms with Crippen LogP contribution >= 0.6 is 0 Å². The molecular weight excluding hydrogens is 306 g/mol. The molecule has 1 saturated carbocycles. The van der Waals surface area contributed by atoms with E-state index in [-0.39, 0.29) is 5.91 Å². The van der Waals surface area contributed by atoms with Crippen LogP contribution in [0.25, 0.3) is 11.3 Å². The fourth-order valence-electron chi connectivity index (χ4n) is 2.67. The molecule has 0 saturated heterocycles. The minimum atomic E-state index is -0.164. The number of aromatic nitrogens is 2. The van der Waals surface area contributed by atoms with E-state index in [9.17, 15) is 4.79 Å². The summed E-state index contributed by atoms with van der Waals surface area (Å²) >= 11 is 0. The first-order chi connectivity index (χ1) is 11.7. The van der Waals surface area contributed by atoms with Crippen molar-refractivity contribution in [3.05, 3.63) is 60.0 Å². The van der Waals surface area contributed by atoms with E-state index < -0.39 is 0 Å². The Labute approximate surface area is 139 Å². The summed E-state index contributed by atoms with van der Waals surface area (Å²) in [5, 5.41) is 4.07. The second-order valence-corrected chi connectivity index (χ2v) is 6.05. The van der Waals surface area contributed by atoms with E-state index in [0.717, 1.165) is 24.1 Å². The SMILES string of the molecule is CN(Cc1cc(-c2ccccc2)no1)C(=O)c1ncoc1C1CC1. The van der Waals surface area contributed by atoms with E-state index in [0.29, 0.717) is 29.7 Å². The molecule has 0 spiro atoms. The summed E-state index contributed by atoms with van der Waals surface area (Å²) in [4.78, 5) is 18.2. The van der Waals surface area contributed by atoms with Crippen LogP contribution in [0.4, 0.5) is 0 Å². The number of amides is 1. The molecule has 24 heavy (non-hydrogen) atoms. The average Bonchev–Trinajstić information content (AvgIpc) is 3.15. The molecule has 6 nitrogen and oxygen atoms in total. The minimum absolute atomic E-state index is 0.164. The normalized spacial score (nSPS) is 13.9. The highest BCUT2D eigenvalue weighted by Gasteiger charge is 2.33. The van der Waals surface area contributed by atoms with Crippen molar-refractivity contribution in [2.75, 3.05) is 7.05 Å². The van der Waals surface area contributed by atoms with Gasteiger partial charge in [0.05, 0.1) is 6.54 Å². The van der Waals surface area contributed by atoms with Crippen molar-refractivity contribution < 1.29 is 13.7 Å². The van der Waals surface area contributed by atoms with Gasteiger partial charge in [0.15, 0.2) is 17.8 Å². The maximum Gasteiger partial charge on any atom is 0.276 e. The fraction of sp³-hybridized carbons (Fsp3) is 0.278. The van der Waals surface area contributed by atoms with Gasteiger partial charge >= 0.3 is 0 Å². The molecule has 0 aliphatic heterocycles. The molecule has 1 aliphatic carbocycles. The Morgan fingerprint density at radius 2 is 2.08 bits per heavy atom. The first kappa shape index (κ1) is 14.7. The standard InChI is InChI=1S/C18H17N3O3/c1-21(18(22)16-17(13-7-8-13)23-11-19-16)10-14-9-15(20-24-14)12-5-3-2-4-6-12/h2-6,9,11,13H,7-8,10H2,1H3. The van der Waals surface area contributed by atoms with Gasteiger partial charge in [-0.15, -0.1) is 0 Å². The molecule has 0 unspecified atom stereocenters. The molecule has 2 heterocycles. The van der Waals surface area contributed by atoms with Crippen LogP contribution in [0.2, 0.25) is 0 Å². The number of benzene rings is 1. The summed E-state index contributed by atoms with van der Waals surface area (Å²) in [6, 6.07) is 11.6. The highest BCUT2D eigenvalue weighted by molar-refractivity contribution is 5.93. The molecule has 1 aromatic carbocycles. The summed E-state index contributed by atoms with van der Waals surface area (Å²) in [7, 11) is 1.72. The number of carbonyl (C=O) groups is 1. The molecular formula is C18H17N3O3. The van der Waals surface area contributed by atoms with Crippen molar-refractivity contribution in [2.45, 2.75) is 25.3 Å². The number of hydrogen-bond donors (Lipinski definition) is 0. The molecule has 3 aromatic rings. The summed E-state index contributed by atoms with van der Waals surface area (Å²) in [5.74, 6) is 1.51. The van der Waals surface area contributed by atoms with Crippen LogP contribution in [0.5, 0.6) is 0 Å². The summed E-state index contributed by atoms with van der Waals surface area (Å²) < 4.78 is 10.7. The van der Waals surface area contributed by atoms with Gasteiger partial charge in [-0.2, -0.15) is 0 Å². The van der Waals surface area contributed by atoms with Gasteiger partial charge in [-0.3, -0.25) is 4.79 Å². The van der Waals surface area contributed by atoms with Gasteiger partial charge < -0.3 is 13.8 Å². The largest absolute Gasteiger partial charge is 0.447 e. The third-order valence-electron chi connectivity index (χ3n) is 4.11. The lowest BCUT2D eigenvalue weighted by Gasteiger charge is -2.14. The molecule has 0 radical (unpaired) electrons. The van der Waals surface area contributed by atoms with Crippen LogP contribution in [-0.4, -0.2) is 28.0 Å². The lowest BCUT2D eigenvalue weighted by molar-refractivity contribution is 0.0765. The van der Waals surface area contributed by atoms with Crippen molar-refractivity contribution in [1.29, 1.82) is 0 Å². The van der Waals surface area contributed by atoms with Gasteiger partial charge in [0, 0.05) is 24.6 Å². The Bertz CT molecular complexity index is 849. The monoisotopic (exact) mass is 323 g/mol. The molecule has 6 heteroatoms. The zero-order valence-corrected chi connectivity index (χ0v) is 13.3. The predicted octanol–water partition coefficient (Wildman–Crippen LogP) is 3.48. The fourth-order valence-corrected chi connectivity index (χ4v) is 2.67. The minimum Gasteiger partial charge on any atom is -0.447 e. The van der Waals surface area contributed by atoms with Crippen molar-refractivity contribution in [1.82, 2.24) is 15.0 Å². The van der Waals surface area contributed by atoms with Gasteiger partial charge in [0.1, 0.15) is 11.5 Å². The van der Waals surface area contributed by atoms with E-state index in [1.807, 2.05) is 36.4 Å². The van der Waals surface area contributed by atoms with Crippen LogP contribution in [0.3, 0.4) is 0 Å². The maximum atomic E-state index is 12.6. The second-order valence-electron chi connectivity index (χ2n) is 6.05. The molecule has 2 aromatic heterocycles. The van der Waals surface area contributed by atoms with E-state index in [4.69, 9.17) is 8.94 Å². The first-order valence-electron chi connectivity index (χ1n) is 7.92. The molecule has 4 rings (SSSR count). The number of rotatable bonds is 5. The van der Waals surface area contributed by atoms with E-state index in [1.165, 1.54) is 6.39 Å². The summed E-state index contributed by atoms with van der Waals surface area (Å²) in [5.41, 5.74) is 2.14. The van der Waals surface area contributed by atoms with Gasteiger partial charge in [0.2, 0.25) is 0 Å². The molecule has 1 amide bonds. The lowest BCUT2D eigenvalue weighted by Crippen LogP contribution is -2.27. The lowest BCUT2D eigenvalue weighted by atomic mass is 10.1. The molecule has 0 N–H and O–H groups in total. The van der Waals surface area contributed by atoms with Crippen LogP contribution in [0, 0.1) is 0 Å². The van der Waals surface area contributed by atoms with E-state index in [2.05, 4.69) is 10.1 Å². The number of hydrogen-bond acceptors (Lipinski definition) is 5. The Morgan fingerprint density at radius 1 is 1.29 bits per heavy atom. The molecule has 1 aliphatic rings. The van der Waals surface area contributed by atoms with E-state index >= 15 is 0 Å². The van der Waals surface area contributed by atoms with Crippen LogP contribution in [-0.2, 0) is 6.54 Å². The van der Waals surface area contributed by atoms with Crippen LogP contribution < -0.4 is 0 Å². The summed E-state index contributed by atoms with van der Waals surface area (Å²) in [6.07, 6.45) is 3.46. The van der Waals surface area contributed by atoms with Gasteiger partial charge in [-0.25, -0.2) is 4.98 Å². The van der Waals surface area contributed by atoms with Gasteiger partial charge in [-0.05, 0) is 12.8 Å².